The zero-order valence-electron chi connectivity index (χ0n) is 11.6. The zero-order chi connectivity index (χ0) is 13.6. The standard InChI is InChI=1S/C14H18N4O.ClH/c1-9(10(2)15)13(19)18-8-7-17-12-6-4-3-5-11(12)16-14(17)18;/h3-6,9-10H,7-8,15H2,1-2H3;1H. The number of rotatable bonds is 2. The molecule has 1 aromatic carbocycles. The molecule has 2 unspecified atom stereocenters. The highest BCUT2D eigenvalue weighted by Gasteiger charge is 2.31. The third-order valence-electron chi connectivity index (χ3n) is 3.87. The van der Waals surface area contributed by atoms with Crippen LogP contribution < -0.4 is 10.6 Å². The van der Waals surface area contributed by atoms with Crippen molar-refractivity contribution in [3.05, 3.63) is 24.3 Å². The Morgan fingerprint density at radius 3 is 2.70 bits per heavy atom. The lowest BCUT2D eigenvalue weighted by Gasteiger charge is -2.21. The summed E-state index contributed by atoms with van der Waals surface area (Å²) >= 11 is 0. The van der Waals surface area contributed by atoms with Crippen molar-refractivity contribution in [1.82, 2.24) is 9.55 Å². The Morgan fingerprint density at radius 1 is 1.30 bits per heavy atom. The van der Waals surface area contributed by atoms with Crippen LogP contribution in [0.2, 0.25) is 0 Å². The van der Waals surface area contributed by atoms with Crippen molar-refractivity contribution < 1.29 is 4.79 Å². The Bertz CT molecular complexity index is 637. The van der Waals surface area contributed by atoms with Gasteiger partial charge in [-0.1, -0.05) is 19.1 Å². The van der Waals surface area contributed by atoms with E-state index in [0.29, 0.717) is 6.54 Å². The molecule has 1 aliphatic heterocycles. The van der Waals surface area contributed by atoms with Gasteiger partial charge in [-0.15, -0.1) is 12.4 Å². The van der Waals surface area contributed by atoms with Crippen LogP contribution in [0.4, 0.5) is 5.95 Å². The minimum atomic E-state index is -0.189. The molecular formula is C14H19ClN4O. The lowest BCUT2D eigenvalue weighted by Crippen LogP contribution is -2.41. The number of amides is 1. The molecule has 0 saturated carbocycles. The highest BCUT2D eigenvalue weighted by atomic mass is 35.5. The smallest absolute Gasteiger partial charge is 0.233 e. The highest BCUT2D eigenvalue weighted by molar-refractivity contribution is 5.96. The van der Waals surface area contributed by atoms with Crippen LogP contribution >= 0.6 is 12.4 Å². The molecule has 0 radical (unpaired) electrons. The van der Waals surface area contributed by atoms with Gasteiger partial charge in [0.25, 0.3) is 0 Å². The van der Waals surface area contributed by atoms with Crippen molar-refractivity contribution in [1.29, 1.82) is 0 Å². The summed E-state index contributed by atoms with van der Waals surface area (Å²) in [5.74, 6) is 0.620. The number of imidazole rings is 1. The van der Waals surface area contributed by atoms with Crippen LogP contribution in [0, 0.1) is 5.92 Å². The summed E-state index contributed by atoms with van der Waals surface area (Å²) < 4.78 is 2.10. The molecule has 0 saturated heterocycles. The van der Waals surface area contributed by atoms with Crippen molar-refractivity contribution >= 4 is 35.3 Å². The fourth-order valence-electron chi connectivity index (χ4n) is 2.47. The van der Waals surface area contributed by atoms with E-state index in [1.807, 2.05) is 38.1 Å². The summed E-state index contributed by atoms with van der Waals surface area (Å²) in [5, 5.41) is 0. The van der Waals surface area contributed by atoms with Gasteiger partial charge in [0.05, 0.1) is 17.0 Å². The maximum Gasteiger partial charge on any atom is 0.233 e. The normalized spacial score (nSPS) is 16.6. The van der Waals surface area contributed by atoms with E-state index >= 15 is 0 Å². The first-order chi connectivity index (χ1) is 9.09. The largest absolute Gasteiger partial charge is 0.327 e. The summed E-state index contributed by atoms with van der Waals surface area (Å²) in [7, 11) is 0. The molecule has 2 aromatic rings. The van der Waals surface area contributed by atoms with Gasteiger partial charge in [-0.05, 0) is 19.1 Å². The van der Waals surface area contributed by atoms with Crippen molar-refractivity contribution in [2.75, 3.05) is 11.4 Å². The molecule has 0 spiro atoms. The Balaban J connectivity index is 0.00000147. The third kappa shape index (κ3) is 2.17. The van der Waals surface area contributed by atoms with Crippen molar-refractivity contribution in [3.8, 4) is 0 Å². The molecule has 6 heteroatoms. The van der Waals surface area contributed by atoms with Crippen molar-refractivity contribution in [2.24, 2.45) is 11.7 Å². The van der Waals surface area contributed by atoms with Gasteiger partial charge in [0.15, 0.2) is 0 Å². The Kier molecular flexibility index (Phi) is 4.01. The molecule has 0 bridgehead atoms. The van der Waals surface area contributed by atoms with E-state index in [9.17, 15) is 4.79 Å². The monoisotopic (exact) mass is 294 g/mol. The van der Waals surface area contributed by atoms with Gasteiger partial charge < -0.3 is 10.3 Å². The highest BCUT2D eigenvalue weighted by Crippen LogP contribution is 2.28. The third-order valence-corrected chi connectivity index (χ3v) is 3.87. The van der Waals surface area contributed by atoms with E-state index in [2.05, 4.69) is 9.55 Å². The molecule has 1 amide bonds. The quantitative estimate of drug-likeness (QED) is 0.918. The van der Waals surface area contributed by atoms with Crippen molar-refractivity contribution in [3.63, 3.8) is 0 Å². The Morgan fingerprint density at radius 2 is 2.00 bits per heavy atom. The molecule has 1 aromatic heterocycles. The van der Waals surface area contributed by atoms with Gasteiger partial charge in [-0.2, -0.15) is 0 Å². The number of hydrogen-bond acceptors (Lipinski definition) is 3. The molecule has 1 aliphatic rings. The first-order valence-corrected chi connectivity index (χ1v) is 6.62. The summed E-state index contributed by atoms with van der Waals surface area (Å²) in [4.78, 5) is 18.7. The van der Waals surface area contributed by atoms with Crippen LogP contribution in [0.25, 0.3) is 11.0 Å². The first-order valence-electron chi connectivity index (χ1n) is 6.62. The molecule has 2 heterocycles. The van der Waals surface area contributed by atoms with Gasteiger partial charge in [0.2, 0.25) is 11.9 Å². The average molecular weight is 295 g/mol. The van der Waals surface area contributed by atoms with Gasteiger partial charge in [0.1, 0.15) is 0 Å². The number of fused-ring (bicyclic) bond motifs is 3. The first kappa shape index (κ1) is 14.8. The minimum absolute atomic E-state index is 0. The van der Waals surface area contributed by atoms with Crippen LogP contribution in [-0.4, -0.2) is 28.0 Å². The number of carbonyl (C=O) groups excluding carboxylic acids is 1. The molecular weight excluding hydrogens is 276 g/mol. The number of benzene rings is 1. The topological polar surface area (TPSA) is 64.2 Å². The van der Waals surface area contributed by atoms with Gasteiger partial charge in [-0.25, -0.2) is 4.98 Å². The minimum Gasteiger partial charge on any atom is -0.327 e. The Hall–Kier alpha value is -1.59. The summed E-state index contributed by atoms with van der Waals surface area (Å²) in [6.07, 6.45) is 0. The number of hydrogen-bond donors (Lipinski definition) is 1. The van der Waals surface area contributed by atoms with E-state index in [4.69, 9.17) is 5.73 Å². The summed E-state index contributed by atoms with van der Waals surface area (Å²) in [6, 6.07) is 7.81. The number of nitrogens with two attached hydrogens (primary N) is 1. The molecule has 0 aliphatic carbocycles. The number of anilines is 1. The molecule has 108 valence electrons. The molecule has 3 rings (SSSR count). The molecule has 20 heavy (non-hydrogen) atoms. The van der Waals surface area contributed by atoms with Gasteiger partial charge in [0, 0.05) is 19.1 Å². The second-order valence-electron chi connectivity index (χ2n) is 5.19. The molecule has 5 nitrogen and oxygen atoms in total. The second-order valence-corrected chi connectivity index (χ2v) is 5.19. The molecule has 2 atom stereocenters. The number of carbonyl (C=O) groups is 1. The van der Waals surface area contributed by atoms with Crippen LogP contribution in [0.5, 0.6) is 0 Å². The van der Waals surface area contributed by atoms with E-state index in [1.165, 1.54) is 0 Å². The molecule has 2 N–H and O–H groups in total. The van der Waals surface area contributed by atoms with E-state index in [1.54, 1.807) is 4.90 Å². The predicted octanol–water partition coefficient (Wildman–Crippen LogP) is 1.79. The van der Waals surface area contributed by atoms with E-state index in [-0.39, 0.29) is 30.3 Å². The fourth-order valence-corrected chi connectivity index (χ4v) is 2.47. The fraction of sp³-hybridized carbons (Fsp3) is 0.429. The number of aromatic nitrogens is 2. The van der Waals surface area contributed by atoms with Crippen LogP contribution in [0.15, 0.2) is 24.3 Å². The van der Waals surface area contributed by atoms with Gasteiger partial charge in [-0.3, -0.25) is 9.69 Å². The molecule has 0 fully saturated rings. The lowest BCUT2D eigenvalue weighted by atomic mass is 10.0. The van der Waals surface area contributed by atoms with Crippen LogP contribution in [0.3, 0.4) is 0 Å². The average Bonchev–Trinajstić information content (AvgIpc) is 2.95. The van der Waals surface area contributed by atoms with Gasteiger partial charge >= 0.3 is 0 Å². The van der Waals surface area contributed by atoms with E-state index < -0.39 is 0 Å². The predicted molar refractivity (Wildman–Crippen MR) is 82.1 cm³/mol. The zero-order valence-corrected chi connectivity index (χ0v) is 12.4. The number of nitrogens with zero attached hydrogens (tertiary/aromatic N) is 3. The Labute approximate surface area is 124 Å². The SMILES string of the molecule is CC(N)C(C)C(=O)N1CCn2c1nc1ccccc12.Cl. The number of halogens is 1. The van der Waals surface area contributed by atoms with E-state index in [0.717, 1.165) is 23.5 Å². The summed E-state index contributed by atoms with van der Waals surface area (Å²) in [6.45, 7) is 5.22. The maximum atomic E-state index is 12.4. The summed E-state index contributed by atoms with van der Waals surface area (Å²) in [5.41, 5.74) is 7.84. The van der Waals surface area contributed by atoms with Crippen LogP contribution in [-0.2, 0) is 11.3 Å². The van der Waals surface area contributed by atoms with Crippen LogP contribution in [0.1, 0.15) is 13.8 Å². The van der Waals surface area contributed by atoms with Crippen molar-refractivity contribution in [2.45, 2.75) is 26.4 Å². The second kappa shape index (κ2) is 5.42. The number of para-hydroxylation sites is 2. The lowest BCUT2D eigenvalue weighted by molar-refractivity contribution is -0.122. The maximum absolute atomic E-state index is 12.4.